The average molecular weight is 346 g/mol. The van der Waals surface area contributed by atoms with E-state index in [4.69, 9.17) is 0 Å². The van der Waals surface area contributed by atoms with E-state index in [1.807, 2.05) is 13.0 Å². The van der Waals surface area contributed by atoms with Crippen LogP contribution >= 0.6 is 0 Å². The quantitative estimate of drug-likeness (QED) is 0.592. The minimum Gasteiger partial charge on any atom is -0.345 e. The van der Waals surface area contributed by atoms with Crippen LogP contribution in [0, 0.1) is 6.92 Å². The molecule has 0 amide bonds. The van der Waals surface area contributed by atoms with Crippen molar-refractivity contribution in [3.63, 3.8) is 0 Å². The van der Waals surface area contributed by atoms with Crippen LogP contribution in [0.15, 0.2) is 24.7 Å². The van der Waals surface area contributed by atoms with Gasteiger partial charge in [-0.05, 0) is 13.0 Å². The van der Waals surface area contributed by atoms with Gasteiger partial charge in [0.15, 0.2) is 5.65 Å². The van der Waals surface area contributed by atoms with Gasteiger partial charge in [0, 0.05) is 41.5 Å². The highest BCUT2D eigenvalue weighted by Crippen LogP contribution is 2.29. The fourth-order valence-electron chi connectivity index (χ4n) is 2.72. The summed E-state index contributed by atoms with van der Waals surface area (Å²) in [5.74, 6) is 0.937. The Morgan fingerprint density at radius 2 is 1.96 bits per heavy atom. The molecule has 0 aromatic carbocycles. The predicted octanol–water partition coefficient (Wildman–Crippen LogP) is 3.70. The number of halogens is 3. The summed E-state index contributed by atoms with van der Waals surface area (Å²) in [5.41, 5.74) is 3.62. The zero-order valence-corrected chi connectivity index (χ0v) is 13.1. The zero-order valence-electron chi connectivity index (χ0n) is 13.1. The molecule has 0 aliphatic rings. The zero-order chi connectivity index (χ0) is 17.6. The first-order valence-electron chi connectivity index (χ1n) is 7.61. The Hall–Kier alpha value is -2.97. The van der Waals surface area contributed by atoms with Crippen molar-refractivity contribution < 1.29 is 13.2 Å². The molecule has 2 N–H and O–H groups in total. The van der Waals surface area contributed by atoms with E-state index in [1.165, 1.54) is 0 Å². The van der Waals surface area contributed by atoms with E-state index in [1.54, 1.807) is 18.6 Å². The molecule has 9 heteroatoms. The monoisotopic (exact) mass is 346 g/mol. The van der Waals surface area contributed by atoms with Crippen LogP contribution in [0.25, 0.3) is 33.3 Å². The molecule has 0 spiro atoms. The van der Waals surface area contributed by atoms with Crippen molar-refractivity contribution in [2.45, 2.75) is 25.9 Å². The molecule has 4 aromatic rings. The van der Waals surface area contributed by atoms with Gasteiger partial charge in [-0.1, -0.05) is 0 Å². The van der Waals surface area contributed by atoms with E-state index in [2.05, 4.69) is 29.9 Å². The largest absolute Gasteiger partial charge is 0.389 e. The lowest BCUT2D eigenvalue weighted by molar-refractivity contribution is -0.134. The summed E-state index contributed by atoms with van der Waals surface area (Å²) in [7, 11) is 0. The van der Waals surface area contributed by atoms with Gasteiger partial charge in [-0.3, -0.25) is 0 Å². The second-order valence-electron chi connectivity index (χ2n) is 5.78. The van der Waals surface area contributed by atoms with Gasteiger partial charge in [0.05, 0.1) is 11.9 Å². The molecule has 128 valence electrons. The minimum atomic E-state index is -4.22. The number of imidazole rings is 1. The van der Waals surface area contributed by atoms with E-state index in [-0.39, 0.29) is 12.2 Å². The molecule has 4 heterocycles. The van der Waals surface area contributed by atoms with E-state index in [0.29, 0.717) is 11.3 Å². The lowest BCUT2D eigenvalue weighted by Crippen LogP contribution is -2.10. The van der Waals surface area contributed by atoms with Gasteiger partial charge in [0.25, 0.3) is 0 Å². The van der Waals surface area contributed by atoms with Crippen LogP contribution in [0.4, 0.5) is 13.2 Å². The first-order chi connectivity index (χ1) is 11.9. The van der Waals surface area contributed by atoms with Crippen molar-refractivity contribution >= 4 is 22.2 Å². The number of nitrogens with zero attached hydrogens (tertiary/aromatic N) is 4. The number of aromatic nitrogens is 6. The lowest BCUT2D eigenvalue weighted by atomic mass is 10.1. The Bertz CT molecular complexity index is 1060. The second-order valence-corrected chi connectivity index (χ2v) is 5.78. The SMILES string of the molecule is Cc1nc2ncc(-c3c[nH]c4nc(CCC(F)(F)F)ncc34)cc2[nH]1. The Morgan fingerprint density at radius 1 is 1.12 bits per heavy atom. The molecule has 25 heavy (non-hydrogen) atoms. The highest BCUT2D eigenvalue weighted by molar-refractivity contribution is 5.94. The molecule has 4 rings (SSSR count). The van der Waals surface area contributed by atoms with Gasteiger partial charge >= 0.3 is 6.18 Å². The van der Waals surface area contributed by atoms with Gasteiger partial charge in [-0.15, -0.1) is 0 Å². The van der Waals surface area contributed by atoms with Crippen LogP contribution in [-0.4, -0.2) is 36.1 Å². The maximum atomic E-state index is 12.3. The number of aryl methyl sites for hydroxylation is 2. The van der Waals surface area contributed by atoms with Crippen LogP contribution < -0.4 is 0 Å². The molecule has 0 bridgehead atoms. The average Bonchev–Trinajstić information content (AvgIpc) is 3.13. The topological polar surface area (TPSA) is 83.1 Å². The van der Waals surface area contributed by atoms with E-state index >= 15 is 0 Å². The van der Waals surface area contributed by atoms with Gasteiger partial charge in [-0.2, -0.15) is 13.2 Å². The fraction of sp³-hybridized carbons (Fsp3) is 0.250. The number of alkyl halides is 3. The van der Waals surface area contributed by atoms with Crippen molar-refractivity contribution in [3.05, 3.63) is 36.3 Å². The number of nitrogens with one attached hydrogen (secondary N) is 2. The Morgan fingerprint density at radius 3 is 2.76 bits per heavy atom. The highest BCUT2D eigenvalue weighted by atomic mass is 19.4. The maximum absolute atomic E-state index is 12.3. The second kappa shape index (κ2) is 5.54. The summed E-state index contributed by atoms with van der Waals surface area (Å²) in [4.78, 5) is 22.9. The predicted molar refractivity (Wildman–Crippen MR) is 85.9 cm³/mol. The van der Waals surface area contributed by atoms with Crippen LogP contribution in [0.5, 0.6) is 0 Å². The van der Waals surface area contributed by atoms with Crippen molar-refractivity contribution in [3.8, 4) is 11.1 Å². The number of H-pyrrole nitrogens is 2. The number of hydrogen-bond donors (Lipinski definition) is 2. The van der Waals surface area contributed by atoms with Gasteiger partial charge in [0.1, 0.15) is 17.3 Å². The van der Waals surface area contributed by atoms with Gasteiger partial charge in [-0.25, -0.2) is 19.9 Å². The summed E-state index contributed by atoms with van der Waals surface area (Å²) in [6, 6.07) is 1.92. The summed E-state index contributed by atoms with van der Waals surface area (Å²) in [6.45, 7) is 1.85. The summed E-state index contributed by atoms with van der Waals surface area (Å²) in [5, 5.41) is 0.730. The Labute approximate surface area is 139 Å². The van der Waals surface area contributed by atoms with Gasteiger partial charge < -0.3 is 9.97 Å². The summed E-state index contributed by atoms with van der Waals surface area (Å²) in [6.07, 6.45) is -0.410. The summed E-state index contributed by atoms with van der Waals surface area (Å²) < 4.78 is 37.0. The maximum Gasteiger partial charge on any atom is 0.389 e. The molecular weight excluding hydrogens is 333 g/mol. The molecule has 4 aromatic heterocycles. The number of rotatable bonds is 3. The van der Waals surface area contributed by atoms with Crippen LogP contribution in [-0.2, 0) is 6.42 Å². The number of pyridine rings is 1. The van der Waals surface area contributed by atoms with E-state index < -0.39 is 12.6 Å². The molecule has 0 saturated carbocycles. The molecule has 0 saturated heterocycles. The Balaban J connectivity index is 1.70. The van der Waals surface area contributed by atoms with Crippen LogP contribution in [0.2, 0.25) is 0 Å². The molecule has 0 aliphatic heterocycles. The molecule has 0 radical (unpaired) electrons. The smallest absolute Gasteiger partial charge is 0.345 e. The number of aromatic amines is 2. The minimum absolute atomic E-state index is 0.163. The number of fused-ring (bicyclic) bond motifs is 2. The first kappa shape index (κ1) is 15.6. The van der Waals surface area contributed by atoms with E-state index in [9.17, 15) is 13.2 Å². The third-order valence-corrected chi connectivity index (χ3v) is 3.88. The van der Waals surface area contributed by atoms with Gasteiger partial charge in [0.2, 0.25) is 0 Å². The normalized spacial score (nSPS) is 12.3. The summed E-state index contributed by atoms with van der Waals surface area (Å²) >= 11 is 0. The highest BCUT2D eigenvalue weighted by Gasteiger charge is 2.27. The molecule has 0 aliphatic carbocycles. The standard InChI is InChI=1S/C16H13F3N6/c1-8-23-12-4-9(5-21-15(12)24-8)10-6-22-14-11(10)7-20-13(25-14)2-3-16(17,18)19/h4-7H,2-3H2,1H3,(H,20,22,25)(H,21,23,24). The van der Waals surface area contributed by atoms with Crippen molar-refractivity contribution in [1.29, 1.82) is 0 Å². The van der Waals surface area contributed by atoms with Crippen molar-refractivity contribution in [2.75, 3.05) is 0 Å². The van der Waals surface area contributed by atoms with Crippen molar-refractivity contribution in [1.82, 2.24) is 29.9 Å². The molecule has 0 fully saturated rings. The van der Waals surface area contributed by atoms with Crippen LogP contribution in [0.1, 0.15) is 18.1 Å². The fourth-order valence-corrected chi connectivity index (χ4v) is 2.72. The lowest BCUT2D eigenvalue weighted by Gasteiger charge is -2.05. The third-order valence-electron chi connectivity index (χ3n) is 3.88. The third kappa shape index (κ3) is 3.04. The molecule has 0 atom stereocenters. The van der Waals surface area contributed by atoms with Crippen molar-refractivity contribution in [2.24, 2.45) is 0 Å². The van der Waals surface area contributed by atoms with Crippen LogP contribution in [0.3, 0.4) is 0 Å². The molecule has 6 nitrogen and oxygen atoms in total. The molecule has 0 unspecified atom stereocenters. The van der Waals surface area contributed by atoms with E-state index in [0.717, 1.165) is 27.9 Å². The first-order valence-corrected chi connectivity index (χ1v) is 7.61. The number of hydrogen-bond acceptors (Lipinski definition) is 4. The molecular formula is C16H13F3N6. The Kier molecular flexibility index (Phi) is 3.45.